The van der Waals surface area contributed by atoms with Crippen molar-refractivity contribution in [2.75, 3.05) is 18.6 Å². The minimum Gasteiger partial charge on any atom is -0.504 e. The van der Waals surface area contributed by atoms with Gasteiger partial charge >= 0.3 is 5.97 Å². The quantitative estimate of drug-likeness (QED) is 0.490. The predicted octanol–water partition coefficient (Wildman–Crippen LogP) is 3.12. The van der Waals surface area contributed by atoms with E-state index in [1.165, 1.54) is 7.11 Å². The average molecular weight is 483 g/mol. The van der Waals surface area contributed by atoms with Crippen LogP contribution in [0.15, 0.2) is 42.5 Å². The lowest BCUT2D eigenvalue weighted by Crippen LogP contribution is -2.56. The number of ether oxygens (including phenoxy) is 2. The third-order valence-corrected chi connectivity index (χ3v) is 6.76. The fraction of sp³-hybridized carbons (Fsp3) is 0.423. The van der Waals surface area contributed by atoms with E-state index in [-0.39, 0.29) is 29.5 Å². The molecule has 0 unspecified atom stereocenters. The first-order valence-corrected chi connectivity index (χ1v) is 11.6. The van der Waals surface area contributed by atoms with Crippen molar-refractivity contribution < 1.29 is 34.1 Å². The molecule has 2 aromatic rings. The Labute approximate surface area is 203 Å². The van der Waals surface area contributed by atoms with E-state index in [9.17, 15) is 24.6 Å². The molecule has 0 bridgehead atoms. The van der Waals surface area contributed by atoms with Crippen molar-refractivity contribution in [1.82, 2.24) is 5.32 Å². The highest BCUT2D eigenvalue weighted by Gasteiger charge is 2.69. The number of benzene rings is 2. The molecule has 0 radical (unpaired) electrons. The summed E-state index contributed by atoms with van der Waals surface area (Å²) in [7, 11) is 1.44. The van der Waals surface area contributed by atoms with Crippen molar-refractivity contribution in [3.63, 3.8) is 0 Å². The Morgan fingerprint density at radius 3 is 2.43 bits per heavy atom. The fourth-order valence-electron chi connectivity index (χ4n) is 5.50. The maximum absolute atomic E-state index is 13.9. The van der Waals surface area contributed by atoms with Crippen molar-refractivity contribution in [2.24, 2.45) is 17.8 Å². The molecular formula is C26H30N2O7. The molecule has 2 aliphatic rings. The topological polar surface area (TPSA) is 125 Å². The second kappa shape index (κ2) is 9.22. The molecule has 2 amide bonds. The van der Waals surface area contributed by atoms with E-state index in [1.54, 1.807) is 49.4 Å². The van der Waals surface area contributed by atoms with Gasteiger partial charge in [0.25, 0.3) is 0 Å². The molecule has 0 saturated carbocycles. The van der Waals surface area contributed by atoms with Crippen LogP contribution in [-0.2, 0) is 14.4 Å². The number of para-hydroxylation sites is 3. The first-order chi connectivity index (χ1) is 16.7. The molecule has 9 nitrogen and oxygen atoms in total. The van der Waals surface area contributed by atoms with Crippen LogP contribution in [0.3, 0.4) is 0 Å². The number of imide groups is 1. The molecule has 9 heteroatoms. The number of aromatic hydroxyl groups is 1. The fourth-order valence-corrected chi connectivity index (χ4v) is 5.50. The van der Waals surface area contributed by atoms with Gasteiger partial charge in [-0.15, -0.1) is 0 Å². The van der Waals surface area contributed by atoms with Gasteiger partial charge in [-0.3, -0.25) is 19.7 Å². The molecule has 2 heterocycles. The number of hydrogen-bond acceptors (Lipinski definition) is 7. The number of anilines is 1. The Bertz CT molecular complexity index is 1160. The number of nitrogens with one attached hydrogen (secondary N) is 1. The number of methoxy groups -OCH3 is 1. The number of fused-ring (bicyclic) bond motifs is 1. The van der Waals surface area contributed by atoms with Crippen molar-refractivity contribution in [3.05, 3.63) is 48.0 Å². The molecule has 2 aliphatic heterocycles. The van der Waals surface area contributed by atoms with Gasteiger partial charge in [-0.1, -0.05) is 38.1 Å². The van der Waals surface area contributed by atoms with Gasteiger partial charge in [0.05, 0.1) is 31.2 Å². The molecule has 2 saturated heterocycles. The number of amides is 2. The van der Waals surface area contributed by atoms with Crippen molar-refractivity contribution in [2.45, 2.75) is 38.8 Å². The van der Waals surface area contributed by atoms with Gasteiger partial charge in [0.15, 0.2) is 11.5 Å². The lowest BCUT2D eigenvalue weighted by molar-refractivity contribution is -0.149. The molecule has 2 fully saturated rings. The van der Waals surface area contributed by atoms with E-state index < -0.39 is 41.2 Å². The first kappa shape index (κ1) is 24.5. The van der Waals surface area contributed by atoms with Gasteiger partial charge in [0, 0.05) is 11.6 Å². The molecule has 0 spiro atoms. The second-order valence-electron chi connectivity index (χ2n) is 9.31. The molecule has 186 valence electrons. The van der Waals surface area contributed by atoms with Crippen molar-refractivity contribution >= 4 is 23.5 Å². The summed E-state index contributed by atoms with van der Waals surface area (Å²) in [5, 5.41) is 24.5. The van der Waals surface area contributed by atoms with Crippen LogP contribution in [0.1, 0.15) is 38.8 Å². The largest absolute Gasteiger partial charge is 0.504 e. The molecule has 35 heavy (non-hydrogen) atoms. The van der Waals surface area contributed by atoms with Crippen LogP contribution in [0, 0.1) is 17.8 Å². The molecule has 4 rings (SSSR count). The second-order valence-corrected chi connectivity index (χ2v) is 9.31. The number of hydrogen-bond donors (Lipinski definition) is 3. The van der Waals surface area contributed by atoms with Gasteiger partial charge in [-0.2, -0.15) is 0 Å². The van der Waals surface area contributed by atoms with Crippen LogP contribution in [-0.4, -0.2) is 47.3 Å². The number of phenolic OH excluding ortho intramolecular Hbond substituents is 1. The third-order valence-electron chi connectivity index (χ3n) is 6.76. The Hall–Kier alpha value is -3.59. The van der Waals surface area contributed by atoms with Crippen LogP contribution in [0.4, 0.5) is 5.69 Å². The summed E-state index contributed by atoms with van der Waals surface area (Å²) < 4.78 is 10.9. The van der Waals surface area contributed by atoms with Gasteiger partial charge in [0.2, 0.25) is 11.8 Å². The Kier molecular flexibility index (Phi) is 6.46. The highest BCUT2D eigenvalue weighted by Crippen LogP contribution is 2.54. The van der Waals surface area contributed by atoms with Crippen molar-refractivity contribution in [1.29, 1.82) is 0 Å². The van der Waals surface area contributed by atoms with E-state index in [0.29, 0.717) is 17.9 Å². The monoisotopic (exact) mass is 482 g/mol. The van der Waals surface area contributed by atoms with Gasteiger partial charge in [-0.25, -0.2) is 4.90 Å². The van der Waals surface area contributed by atoms with E-state index >= 15 is 0 Å². The number of rotatable bonds is 8. The Morgan fingerprint density at radius 2 is 1.80 bits per heavy atom. The molecule has 4 atom stereocenters. The minimum atomic E-state index is -1.71. The lowest BCUT2D eigenvalue weighted by Gasteiger charge is -2.32. The summed E-state index contributed by atoms with van der Waals surface area (Å²) in [4.78, 5) is 41.6. The van der Waals surface area contributed by atoms with Crippen LogP contribution in [0.25, 0.3) is 0 Å². The normalized spacial score (nSPS) is 25.7. The average Bonchev–Trinajstić information content (AvgIpc) is 3.29. The SMILES string of the molecule is CCOc1cccc([C@@H]2N[C@](CC(C)C)(C(=O)O)[C@@H]3C(=O)N(c4ccccc4OC)C(=O)[C@@H]32)c1O. The van der Waals surface area contributed by atoms with Crippen molar-refractivity contribution in [3.8, 4) is 17.2 Å². The minimum absolute atomic E-state index is 0.0930. The summed E-state index contributed by atoms with van der Waals surface area (Å²) in [6.07, 6.45) is 0.116. The molecule has 3 N–H and O–H groups in total. The summed E-state index contributed by atoms with van der Waals surface area (Å²) >= 11 is 0. The number of carbonyl (C=O) groups is 3. The number of carboxylic acid groups (broad SMARTS) is 1. The number of carboxylic acids is 1. The Balaban J connectivity index is 1.91. The predicted molar refractivity (Wildman–Crippen MR) is 127 cm³/mol. The number of nitrogens with zero attached hydrogens (tertiary/aromatic N) is 1. The Morgan fingerprint density at radius 1 is 1.11 bits per heavy atom. The van der Waals surface area contributed by atoms with E-state index in [1.807, 2.05) is 13.8 Å². The van der Waals surface area contributed by atoms with Crippen LogP contribution < -0.4 is 19.7 Å². The zero-order valence-corrected chi connectivity index (χ0v) is 20.1. The highest BCUT2D eigenvalue weighted by molar-refractivity contribution is 6.24. The molecule has 0 aromatic heterocycles. The maximum Gasteiger partial charge on any atom is 0.324 e. The maximum atomic E-state index is 13.9. The smallest absolute Gasteiger partial charge is 0.324 e. The molecule has 2 aromatic carbocycles. The number of aliphatic carboxylic acids is 1. The zero-order valence-electron chi connectivity index (χ0n) is 20.1. The number of carbonyl (C=O) groups excluding carboxylic acids is 2. The van der Waals surface area contributed by atoms with Crippen LogP contribution in [0.2, 0.25) is 0 Å². The summed E-state index contributed by atoms with van der Waals surface area (Å²) in [5.41, 5.74) is -1.14. The molecule has 0 aliphatic carbocycles. The van der Waals surface area contributed by atoms with E-state index in [2.05, 4.69) is 5.32 Å². The van der Waals surface area contributed by atoms with Gasteiger partial charge in [-0.05, 0) is 37.5 Å². The lowest BCUT2D eigenvalue weighted by atomic mass is 9.75. The molecular weight excluding hydrogens is 452 g/mol. The third kappa shape index (κ3) is 3.80. The van der Waals surface area contributed by atoms with Crippen LogP contribution in [0.5, 0.6) is 17.2 Å². The van der Waals surface area contributed by atoms with Gasteiger partial charge in [0.1, 0.15) is 11.3 Å². The summed E-state index contributed by atoms with van der Waals surface area (Å²) in [5.74, 6) is -4.34. The standard InChI is InChI=1S/C26H30N2O7/c1-5-35-18-12-8-9-15(22(18)29)21-19-20(26(27-21,25(32)33)13-14(2)3)24(31)28(23(19)30)16-10-6-7-11-17(16)34-4/h6-12,14,19-21,27,29H,5,13H2,1-4H3,(H,32,33)/t19-,20-,21-,26-/m0/s1. The van der Waals surface area contributed by atoms with Crippen LogP contribution >= 0.6 is 0 Å². The highest BCUT2D eigenvalue weighted by atomic mass is 16.5. The zero-order chi connectivity index (χ0) is 25.5. The summed E-state index contributed by atoms with van der Waals surface area (Å²) in [6.45, 7) is 5.81. The van der Waals surface area contributed by atoms with Gasteiger partial charge < -0.3 is 19.7 Å². The summed E-state index contributed by atoms with van der Waals surface area (Å²) in [6, 6.07) is 10.6. The van der Waals surface area contributed by atoms with E-state index in [4.69, 9.17) is 9.47 Å². The number of phenols is 1. The van der Waals surface area contributed by atoms with E-state index in [0.717, 1.165) is 4.90 Å². The first-order valence-electron chi connectivity index (χ1n) is 11.6.